The zero-order chi connectivity index (χ0) is 12.1. The molecule has 82 valence electrons. The Morgan fingerprint density at radius 2 is 2.00 bits per heavy atom. The summed E-state index contributed by atoms with van der Waals surface area (Å²) in [6, 6.07) is 15.9. The summed E-state index contributed by atoms with van der Waals surface area (Å²) < 4.78 is 0. The number of hydrogen-bond acceptors (Lipinski definition) is 2. The molecule has 1 atom stereocenters. The summed E-state index contributed by atoms with van der Waals surface area (Å²) in [4.78, 5) is 2.70. The number of nitriles is 1. The van der Waals surface area contributed by atoms with Gasteiger partial charge in [-0.25, -0.2) is 0 Å². The van der Waals surface area contributed by atoms with Gasteiger partial charge in [-0.2, -0.15) is 5.26 Å². The number of hydrogen-bond donors (Lipinski definition) is 0. The van der Waals surface area contributed by atoms with Gasteiger partial charge in [0.15, 0.2) is 0 Å². The summed E-state index contributed by atoms with van der Waals surface area (Å²) in [5, 5.41) is 14.7. The van der Waals surface area contributed by atoms with Gasteiger partial charge in [-0.05, 0) is 21.9 Å². The second-order valence-corrected chi connectivity index (χ2v) is 3.66. The van der Waals surface area contributed by atoms with E-state index in [0.717, 1.165) is 16.3 Å². The summed E-state index contributed by atoms with van der Waals surface area (Å²) in [6.07, 6.45) is 0. The lowest BCUT2D eigenvalue weighted by Gasteiger charge is -2.09. The first-order valence-corrected chi connectivity index (χ1v) is 5.25. The molecule has 0 unspecified atom stereocenters. The van der Waals surface area contributed by atoms with E-state index in [1.165, 1.54) is 0 Å². The predicted octanol–water partition coefficient (Wildman–Crippen LogP) is 3.76. The van der Waals surface area contributed by atoms with Crippen molar-refractivity contribution in [1.82, 2.24) is 0 Å². The number of benzene rings is 2. The average Bonchev–Trinajstić information content (AvgIpc) is 2.40. The molecule has 0 fully saturated rings. The quantitative estimate of drug-likeness (QED) is 0.442. The molecule has 0 spiro atoms. The monoisotopic (exact) mass is 222 g/mol. The van der Waals surface area contributed by atoms with Gasteiger partial charge in [0.2, 0.25) is 0 Å². The van der Waals surface area contributed by atoms with E-state index in [-0.39, 0.29) is 6.54 Å². The number of nitrogens with zero attached hydrogens (tertiary/aromatic N) is 4. The van der Waals surface area contributed by atoms with Gasteiger partial charge in [-0.15, -0.1) is 0 Å². The molecule has 2 rings (SSSR count). The first-order chi connectivity index (χ1) is 8.36. The Kier molecular flexibility index (Phi) is 3.25. The van der Waals surface area contributed by atoms with Gasteiger partial charge < -0.3 is 0 Å². The van der Waals surface area contributed by atoms with E-state index in [1.54, 1.807) is 0 Å². The molecule has 0 aromatic heterocycles. The van der Waals surface area contributed by atoms with E-state index in [2.05, 4.69) is 16.1 Å². The zero-order valence-corrected chi connectivity index (χ0v) is 9.11. The van der Waals surface area contributed by atoms with Gasteiger partial charge in [-0.1, -0.05) is 47.6 Å². The molecule has 0 bridgehead atoms. The highest BCUT2D eigenvalue weighted by Crippen LogP contribution is 2.25. The molecule has 0 aliphatic heterocycles. The molecule has 2 aromatic rings. The van der Waals surface area contributed by atoms with Crippen molar-refractivity contribution in [2.75, 3.05) is 6.54 Å². The van der Waals surface area contributed by atoms with Crippen LogP contribution >= 0.6 is 0 Å². The third-order valence-corrected chi connectivity index (χ3v) is 2.68. The van der Waals surface area contributed by atoms with Crippen LogP contribution in [0, 0.1) is 11.3 Å². The maximum absolute atomic E-state index is 9.13. The van der Waals surface area contributed by atoms with Gasteiger partial charge >= 0.3 is 0 Å². The smallest absolute Gasteiger partial charge is 0.0774 e. The molecule has 0 N–H and O–H groups in total. The molecule has 4 heteroatoms. The lowest BCUT2D eigenvalue weighted by molar-refractivity contribution is 0.862. The van der Waals surface area contributed by atoms with Crippen LogP contribution in [0.25, 0.3) is 21.2 Å². The fourth-order valence-corrected chi connectivity index (χ4v) is 1.88. The highest BCUT2D eigenvalue weighted by molar-refractivity contribution is 5.86. The summed E-state index contributed by atoms with van der Waals surface area (Å²) in [6.45, 7) is 0.168. The molecule has 0 amide bonds. The van der Waals surface area contributed by atoms with Crippen LogP contribution < -0.4 is 0 Å². The van der Waals surface area contributed by atoms with Gasteiger partial charge in [0.05, 0.1) is 12.0 Å². The maximum atomic E-state index is 9.13. The fraction of sp³-hybridized carbons (Fsp3) is 0.154. The molecule has 0 saturated carbocycles. The molecule has 0 heterocycles. The zero-order valence-electron chi connectivity index (χ0n) is 9.11. The van der Waals surface area contributed by atoms with Crippen molar-refractivity contribution < 1.29 is 0 Å². The van der Waals surface area contributed by atoms with Crippen molar-refractivity contribution in [3.63, 3.8) is 0 Å². The van der Waals surface area contributed by atoms with Crippen molar-refractivity contribution in [3.05, 3.63) is 58.5 Å². The molecule has 0 radical (unpaired) electrons. The Morgan fingerprint density at radius 1 is 1.24 bits per heavy atom. The molecule has 4 nitrogen and oxygen atoms in total. The number of azide groups is 1. The molecular weight excluding hydrogens is 212 g/mol. The van der Waals surface area contributed by atoms with E-state index < -0.39 is 5.92 Å². The van der Waals surface area contributed by atoms with Crippen LogP contribution in [-0.2, 0) is 0 Å². The van der Waals surface area contributed by atoms with Crippen LogP contribution in [0.5, 0.6) is 0 Å². The summed E-state index contributed by atoms with van der Waals surface area (Å²) >= 11 is 0. The van der Waals surface area contributed by atoms with Crippen LogP contribution in [0.1, 0.15) is 11.5 Å². The van der Waals surface area contributed by atoms with Crippen LogP contribution in [0.2, 0.25) is 0 Å². The average molecular weight is 222 g/mol. The minimum Gasteiger partial charge on any atom is -0.198 e. The second kappa shape index (κ2) is 5.02. The second-order valence-electron chi connectivity index (χ2n) is 3.66. The topological polar surface area (TPSA) is 72.5 Å². The van der Waals surface area contributed by atoms with E-state index in [0.29, 0.717) is 0 Å². The van der Waals surface area contributed by atoms with Crippen LogP contribution in [0.4, 0.5) is 0 Å². The first-order valence-electron chi connectivity index (χ1n) is 5.25. The summed E-state index contributed by atoms with van der Waals surface area (Å²) in [5.74, 6) is -0.392. The Labute approximate surface area is 98.7 Å². The Morgan fingerprint density at radius 3 is 2.76 bits per heavy atom. The third kappa shape index (κ3) is 2.20. The molecule has 0 saturated heterocycles. The largest absolute Gasteiger partial charge is 0.198 e. The van der Waals surface area contributed by atoms with Crippen LogP contribution in [0.15, 0.2) is 47.6 Å². The van der Waals surface area contributed by atoms with Crippen LogP contribution in [0.3, 0.4) is 0 Å². The van der Waals surface area contributed by atoms with Gasteiger partial charge in [0.25, 0.3) is 0 Å². The highest BCUT2D eigenvalue weighted by atomic mass is 15.1. The fourth-order valence-electron chi connectivity index (χ4n) is 1.88. The van der Waals surface area contributed by atoms with Gasteiger partial charge in [0, 0.05) is 11.5 Å². The minimum absolute atomic E-state index is 0.168. The normalized spacial score (nSPS) is 11.5. The Bertz CT molecular complexity index is 615. The molecule has 17 heavy (non-hydrogen) atoms. The van der Waals surface area contributed by atoms with E-state index in [4.69, 9.17) is 10.8 Å². The first kappa shape index (κ1) is 11.0. The molecule has 2 aromatic carbocycles. The molecular formula is C13H10N4. The summed E-state index contributed by atoms with van der Waals surface area (Å²) in [5.41, 5.74) is 9.23. The highest BCUT2D eigenvalue weighted by Gasteiger charge is 2.12. The molecule has 0 aliphatic carbocycles. The van der Waals surface area contributed by atoms with E-state index in [1.807, 2.05) is 42.5 Å². The Hall–Kier alpha value is -2.50. The Balaban J connectivity index is 2.54. The van der Waals surface area contributed by atoms with Crippen molar-refractivity contribution in [2.45, 2.75) is 5.92 Å². The SMILES string of the molecule is N#C[C@H](CN=[N+]=[N-])c1cccc2ccccc12. The van der Waals surface area contributed by atoms with Gasteiger partial charge in [-0.3, -0.25) is 0 Å². The van der Waals surface area contributed by atoms with Crippen molar-refractivity contribution in [2.24, 2.45) is 5.11 Å². The van der Waals surface area contributed by atoms with Crippen molar-refractivity contribution in [1.29, 1.82) is 5.26 Å². The van der Waals surface area contributed by atoms with E-state index >= 15 is 0 Å². The van der Waals surface area contributed by atoms with Crippen LogP contribution in [-0.4, -0.2) is 6.54 Å². The van der Waals surface area contributed by atoms with Crippen molar-refractivity contribution in [3.8, 4) is 6.07 Å². The number of fused-ring (bicyclic) bond motifs is 1. The lowest BCUT2D eigenvalue weighted by Crippen LogP contribution is -2.00. The van der Waals surface area contributed by atoms with Gasteiger partial charge in [0.1, 0.15) is 0 Å². The number of rotatable bonds is 3. The lowest BCUT2D eigenvalue weighted by atomic mass is 9.94. The summed E-state index contributed by atoms with van der Waals surface area (Å²) in [7, 11) is 0. The minimum atomic E-state index is -0.392. The van der Waals surface area contributed by atoms with Crippen molar-refractivity contribution >= 4 is 10.8 Å². The third-order valence-electron chi connectivity index (χ3n) is 2.68. The van der Waals surface area contributed by atoms with E-state index in [9.17, 15) is 0 Å². The predicted molar refractivity (Wildman–Crippen MR) is 66.3 cm³/mol. The molecule has 0 aliphatic rings. The maximum Gasteiger partial charge on any atom is 0.0774 e. The standard InChI is InChI=1S/C13H10N4/c14-8-11(9-16-17-15)13-7-3-5-10-4-1-2-6-12(10)13/h1-7,11H,9H2/t11-/m1/s1.